The van der Waals surface area contributed by atoms with E-state index in [4.69, 9.17) is 4.74 Å². The lowest BCUT2D eigenvalue weighted by atomic mass is 10.2. The number of aromatic carboxylic acids is 1. The summed E-state index contributed by atoms with van der Waals surface area (Å²) in [5.41, 5.74) is 1.13. The summed E-state index contributed by atoms with van der Waals surface area (Å²) < 4.78 is 6.74. The van der Waals surface area contributed by atoms with E-state index in [0.29, 0.717) is 16.4 Å². The highest BCUT2D eigenvalue weighted by Crippen LogP contribution is 2.34. The average Bonchev–Trinajstić information content (AvgIpc) is 2.41. The Morgan fingerprint density at radius 3 is 2.60 bits per heavy atom. The molecule has 0 amide bonds. The first-order chi connectivity index (χ1) is 9.52. The lowest BCUT2D eigenvalue weighted by Gasteiger charge is -2.13. The van der Waals surface area contributed by atoms with Gasteiger partial charge in [0.05, 0.1) is 0 Å². The van der Waals surface area contributed by atoms with Crippen molar-refractivity contribution in [2.45, 2.75) is 11.8 Å². The van der Waals surface area contributed by atoms with Gasteiger partial charge in [-0.15, -0.1) is 11.8 Å². The van der Waals surface area contributed by atoms with Gasteiger partial charge >= 0.3 is 5.97 Å². The number of thioether (sulfide) groups is 1. The van der Waals surface area contributed by atoms with Crippen molar-refractivity contribution in [3.63, 3.8) is 0 Å². The van der Waals surface area contributed by atoms with Crippen molar-refractivity contribution in [3.8, 4) is 11.5 Å². The molecule has 0 fully saturated rings. The number of hydrogen-bond donors (Lipinski definition) is 1. The van der Waals surface area contributed by atoms with Gasteiger partial charge in [0.25, 0.3) is 0 Å². The summed E-state index contributed by atoms with van der Waals surface area (Å²) >= 11 is 4.78. The molecule has 0 atom stereocenters. The summed E-state index contributed by atoms with van der Waals surface area (Å²) in [6, 6.07) is 10.8. The highest BCUT2D eigenvalue weighted by Gasteiger charge is 2.17. The Morgan fingerprint density at radius 1 is 1.25 bits per heavy atom. The molecule has 2 aromatic rings. The molecule has 3 nitrogen and oxygen atoms in total. The number of carboxylic acids is 1. The van der Waals surface area contributed by atoms with Crippen LogP contribution in [0.25, 0.3) is 0 Å². The maximum atomic E-state index is 11.4. The van der Waals surface area contributed by atoms with E-state index < -0.39 is 5.97 Å². The van der Waals surface area contributed by atoms with Gasteiger partial charge in [0, 0.05) is 9.37 Å². The zero-order valence-electron chi connectivity index (χ0n) is 11.0. The number of hydrogen-bond acceptors (Lipinski definition) is 3. The van der Waals surface area contributed by atoms with Gasteiger partial charge < -0.3 is 9.84 Å². The van der Waals surface area contributed by atoms with Crippen molar-refractivity contribution in [2.75, 3.05) is 6.26 Å². The molecule has 0 aliphatic carbocycles. The van der Waals surface area contributed by atoms with Crippen LogP contribution < -0.4 is 4.74 Å². The van der Waals surface area contributed by atoms with Gasteiger partial charge in [-0.05, 0) is 49.1 Å². The van der Waals surface area contributed by atoms with Crippen LogP contribution in [0.5, 0.6) is 11.5 Å². The molecule has 0 unspecified atom stereocenters. The zero-order valence-corrected chi connectivity index (χ0v) is 13.4. The lowest BCUT2D eigenvalue weighted by molar-refractivity contribution is 0.0690. The number of rotatable bonds is 4. The van der Waals surface area contributed by atoms with Crippen molar-refractivity contribution in [1.29, 1.82) is 0 Å². The molecule has 0 saturated heterocycles. The van der Waals surface area contributed by atoms with Crippen molar-refractivity contribution >= 4 is 33.7 Å². The van der Waals surface area contributed by atoms with Crippen LogP contribution >= 0.6 is 27.7 Å². The lowest BCUT2D eigenvalue weighted by Crippen LogP contribution is -2.02. The van der Waals surface area contributed by atoms with Gasteiger partial charge in [0.1, 0.15) is 17.1 Å². The van der Waals surface area contributed by atoms with Gasteiger partial charge in [0.15, 0.2) is 0 Å². The molecule has 0 bridgehead atoms. The van der Waals surface area contributed by atoms with E-state index >= 15 is 0 Å². The summed E-state index contributed by atoms with van der Waals surface area (Å²) in [6.45, 7) is 1.92. The van der Waals surface area contributed by atoms with Gasteiger partial charge in [-0.2, -0.15) is 0 Å². The number of carbonyl (C=O) groups is 1. The maximum absolute atomic E-state index is 11.4. The van der Waals surface area contributed by atoms with E-state index in [9.17, 15) is 9.90 Å². The van der Waals surface area contributed by atoms with Crippen molar-refractivity contribution in [3.05, 3.63) is 52.0 Å². The fraction of sp³-hybridized carbons (Fsp3) is 0.133. The summed E-state index contributed by atoms with van der Waals surface area (Å²) in [7, 11) is 0. The molecule has 0 radical (unpaired) electrons. The topological polar surface area (TPSA) is 46.5 Å². The van der Waals surface area contributed by atoms with Crippen molar-refractivity contribution < 1.29 is 14.6 Å². The molecule has 2 rings (SSSR count). The monoisotopic (exact) mass is 352 g/mol. The number of ether oxygens (including phenoxy) is 1. The van der Waals surface area contributed by atoms with Crippen LogP contribution in [0, 0.1) is 6.92 Å². The summed E-state index contributed by atoms with van der Waals surface area (Å²) in [6.07, 6.45) is 1.84. The van der Waals surface area contributed by atoms with Crippen LogP contribution in [0.15, 0.2) is 45.8 Å². The zero-order chi connectivity index (χ0) is 14.7. The molecule has 0 aliphatic heterocycles. The molecular weight excluding hydrogens is 340 g/mol. The van der Waals surface area contributed by atoms with Crippen LogP contribution in [0.2, 0.25) is 0 Å². The van der Waals surface area contributed by atoms with E-state index in [1.54, 1.807) is 18.2 Å². The minimum atomic E-state index is -0.986. The smallest absolute Gasteiger partial charge is 0.340 e. The minimum absolute atomic E-state index is 0.197. The molecule has 20 heavy (non-hydrogen) atoms. The van der Waals surface area contributed by atoms with Crippen molar-refractivity contribution in [1.82, 2.24) is 0 Å². The van der Waals surface area contributed by atoms with Crippen LogP contribution in [0.3, 0.4) is 0 Å². The Labute approximate surface area is 130 Å². The number of halogens is 1. The van der Waals surface area contributed by atoms with Crippen LogP contribution in [-0.2, 0) is 0 Å². The molecule has 0 heterocycles. The number of carboxylic acid groups (broad SMARTS) is 1. The average molecular weight is 353 g/mol. The minimum Gasteiger partial charge on any atom is -0.478 e. The first-order valence-corrected chi connectivity index (χ1v) is 7.89. The molecule has 0 saturated carbocycles. The highest BCUT2D eigenvalue weighted by molar-refractivity contribution is 9.10. The fourth-order valence-corrected chi connectivity index (χ4v) is 2.90. The SMILES string of the molecule is CSc1cccc(Oc2ccc(Br)cc2C)c1C(=O)O. The Hall–Kier alpha value is -1.46. The van der Waals surface area contributed by atoms with E-state index in [1.807, 2.05) is 31.4 Å². The van der Waals surface area contributed by atoms with Gasteiger partial charge in [0.2, 0.25) is 0 Å². The quantitative estimate of drug-likeness (QED) is 0.789. The van der Waals surface area contributed by atoms with E-state index in [2.05, 4.69) is 15.9 Å². The third-order valence-electron chi connectivity index (χ3n) is 2.78. The largest absolute Gasteiger partial charge is 0.478 e. The van der Waals surface area contributed by atoms with E-state index in [0.717, 1.165) is 10.0 Å². The molecular formula is C15H13BrO3S. The number of aryl methyl sites for hydroxylation is 1. The third kappa shape index (κ3) is 3.16. The van der Waals surface area contributed by atoms with Crippen LogP contribution in [0.4, 0.5) is 0 Å². The van der Waals surface area contributed by atoms with Crippen molar-refractivity contribution in [2.24, 2.45) is 0 Å². The Balaban J connectivity index is 2.45. The molecule has 0 aromatic heterocycles. The highest BCUT2D eigenvalue weighted by atomic mass is 79.9. The van der Waals surface area contributed by atoms with Gasteiger partial charge in [-0.3, -0.25) is 0 Å². The Bertz CT molecular complexity index is 656. The molecule has 2 aromatic carbocycles. The Kier molecular flexibility index (Phi) is 4.73. The predicted molar refractivity (Wildman–Crippen MR) is 84.1 cm³/mol. The van der Waals surface area contributed by atoms with E-state index in [1.165, 1.54) is 11.8 Å². The second-order valence-corrected chi connectivity index (χ2v) is 5.91. The molecule has 1 N–H and O–H groups in total. The Morgan fingerprint density at radius 2 is 2.00 bits per heavy atom. The summed E-state index contributed by atoms with van der Waals surface area (Å²) in [5.74, 6) is 0.0171. The number of benzene rings is 2. The van der Waals surface area contributed by atoms with Gasteiger partial charge in [-0.25, -0.2) is 4.79 Å². The van der Waals surface area contributed by atoms with Crippen LogP contribution in [0.1, 0.15) is 15.9 Å². The summed E-state index contributed by atoms with van der Waals surface area (Å²) in [5, 5.41) is 9.37. The standard InChI is InChI=1S/C15H13BrO3S/c1-9-8-10(16)6-7-11(9)19-12-4-3-5-13(20-2)14(12)15(17)18/h3-8H,1-2H3,(H,17,18). The normalized spacial score (nSPS) is 10.3. The van der Waals surface area contributed by atoms with Crippen LogP contribution in [-0.4, -0.2) is 17.3 Å². The fourth-order valence-electron chi connectivity index (χ4n) is 1.82. The summed E-state index contributed by atoms with van der Waals surface area (Å²) in [4.78, 5) is 12.1. The second-order valence-electron chi connectivity index (χ2n) is 4.15. The molecule has 5 heteroatoms. The first kappa shape index (κ1) is 14.9. The van der Waals surface area contributed by atoms with Gasteiger partial charge in [-0.1, -0.05) is 22.0 Å². The third-order valence-corrected chi connectivity index (χ3v) is 4.05. The molecule has 104 valence electrons. The molecule has 0 aliphatic rings. The molecule has 0 spiro atoms. The van der Waals surface area contributed by atoms with E-state index in [-0.39, 0.29) is 5.56 Å². The maximum Gasteiger partial charge on any atom is 0.340 e. The second kappa shape index (κ2) is 6.33. The predicted octanol–water partition coefficient (Wildman–Crippen LogP) is 4.97. The first-order valence-electron chi connectivity index (χ1n) is 5.87.